The zero-order valence-electron chi connectivity index (χ0n) is 19.2. The van der Waals surface area contributed by atoms with E-state index in [-0.39, 0.29) is 12.6 Å². The molecular formula is C26H31NO5. The molecule has 2 aromatic carbocycles. The number of ether oxygens (including phenoxy) is 3. The van der Waals surface area contributed by atoms with Crippen molar-refractivity contribution in [3.05, 3.63) is 77.5 Å². The molecule has 0 aliphatic carbocycles. The molecule has 6 nitrogen and oxygen atoms in total. The van der Waals surface area contributed by atoms with Gasteiger partial charge in [-0.25, -0.2) is 9.59 Å². The largest absolute Gasteiger partial charge is 0.497 e. The van der Waals surface area contributed by atoms with Crippen molar-refractivity contribution in [2.75, 3.05) is 7.11 Å². The maximum Gasteiger partial charge on any atom is 0.333 e. The van der Waals surface area contributed by atoms with Crippen LogP contribution in [0.15, 0.2) is 66.4 Å². The van der Waals surface area contributed by atoms with Gasteiger partial charge in [-0.15, -0.1) is 0 Å². The topological polar surface area (TPSA) is 65.1 Å². The van der Waals surface area contributed by atoms with E-state index in [1.165, 1.54) is 6.08 Å². The van der Waals surface area contributed by atoms with Gasteiger partial charge < -0.3 is 19.1 Å². The lowest BCUT2D eigenvalue weighted by atomic mass is 10.2. The Morgan fingerprint density at radius 3 is 2.34 bits per heavy atom. The minimum Gasteiger partial charge on any atom is -0.497 e. The summed E-state index contributed by atoms with van der Waals surface area (Å²) in [6.07, 6.45) is 2.70. The van der Waals surface area contributed by atoms with Gasteiger partial charge in [0.25, 0.3) is 0 Å². The molecule has 32 heavy (non-hydrogen) atoms. The number of allylic oxidation sites excluding steroid dienone is 1. The Kier molecular flexibility index (Phi) is 7.57. The van der Waals surface area contributed by atoms with Gasteiger partial charge in [0.1, 0.15) is 24.0 Å². The van der Waals surface area contributed by atoms with Gasteiger partial charge in [0.05, 0.1) is 7.11 Å². The second-order valence-corrected chi connectivity index (χ2v) is 8.79. The molecule has 170 valence electrons. The second-order valence-electron chi connectivity index (χ2n) is 8.79. The number of likely N-dealkylation sites (tertiary alicyclic amines) is 1. The van der Waals surface area contributed by atoms with Crippen molar-refractivity contribution in [2.45, 2.75) is 58.4 Å². The van der Waals surface area contributed by atoms with Gasteiger partial charge in [-0.2, -0.15) is 0 Å². The normalized spacial score (nSPS) is 17.3. The summed E-state index contributed by atoms with van der Waals surface area (Å²) in [6, 6.07) is 16.8. The molecule has 3 rings (SSSR count). The highest BCUT2D eigenvalue weighted by atomic mass is 16.6. The number of carbonyl (C=O) groups excluding carboxylic acids is 2. The maximum absolute atomic E-state index is 13.0. The number of rotatable bonds is 7. The van der Waals surface area contributed by atoms with Crippen LogP contribution >= 0.6 is 0 Å². The lowest BCUT2D eigenvalue weighted by molar-refractivity contribution is -0.151. The summed E-state index contributed by atoms with van der Waals surface area (Å²) in [5, 5.41) is 0. The third-order valence-corrected chi connectivity index (χ3v) is 5.12. The quantitative estimate of drug-likeness (QED) is 0.465. The summed E-state index contributed by atoms with van der Waals surface area (Å²) in [4.78, 5) is 27.3. The van der Waals surface area contributed by atoms with Crippen molar-refractivity contribution < 1.29 is 23.8 Å². The zero-order valence-corrected chi connectivity index (χ0v) is 19.2. The highest BCUT2D eigenvalue weighted by Gasteiger charge is 2.35. The van der Waals surface area contributed by atoms with E-state index in [1.807, 2.05) is 80.3 Å². The van der Waals surface area contributed by atoms with Gasteiger partial charge in [-0.05, 0) is 56.9 Å². The van der Waals surface area contributed by atoms with Crippen LogP contribution < -0.4 is 4.74 Å². The first-order valence-electron chi connectivity index (χ1n) is 10.8. The minimum atomic E-state index is -0.576. The van der Waals surface area contributed by atoms with Crippen LogP contribution in [0.25, 0.3) is 0 Å². The van der Waals surface area contributed by atoms with E-state index in [9.17, 15) is 9.59 Å². The fourth-order valence-electron chi connectivity index (χ4n) is 3.62. The van der Waals surface area contributed by atoms with Crippen LogP contribution in [-0.2, 0) is 32.2 Å². The zero-order chi connectivity index (χ0) is 23.1. The van der Waals surface area contributed by atoms with Crippen LogP contribution in [0, 0.1) is 0 Å². The molecule has 1 aliphatic rings. The molecular weight excluding hydrogens is 406 g/mol. The Balaban J connectivity index is 1.73. The van der Waals surface area contributed by atoms with E-state index in [4.69, 9.17) is 14.2 Å². The van der Waals surface area contributed by atoms with E-state index in [1.54, 1.807) is 7.11 Å². The number of hydrogen-bond acceptors (Lipinski definition) is 6. The van der Waals surface area contributed by atoms with E-state index in [0.29, 0.717) is 19.4 Å². The van der Waals surface area contributed by atoms with Crippen LogP contribution in [0.3, 0.4) is 0 Å². The Hall–Kier alpha value is -3.28. The lowest BCUT2D eigenvalue weighted by Crippen LogP contribution is -2.36. The fourth-order valence-corrected chi connectivity index (χ4v) is 3.62. The molecule has 0 saturated carbocycles. The molecule has 0 amide bonds. The highest BCUT2D eigenvalue weighted by molar-refractivity contribution is 5.84. The average Bonchev–Trinajstić information content (AvgIpc) is 3.13. The first-order valence-corrected chi connectivity index (χ1v) is 10.8. The first-order chi connectivity index (χ1) is 15.2. The molecule has 1 atom stereocenters. The molecule has 0 N–H and O–H groups in total. The predicted molar refractivity (Wildman–Crippen MR) is 122 cm³/mol. The number of methoxy groups -OCH3 is 1. The third kappa shape index (κ3) is 6.61. The van der Waals surface area contributed by atoms with Gasteiger partial charge in [0, 0.05) is 18.3 Å². The Morgan fingerprint density at radius 2 is 1.72 bits per heavy atom. The lowest BCUT2D eigenvalue weighted by Gasteiger charge is -2.27. The fraction of sp³-hybridized carbons (Fsp3) is 0.385. The molecule has 0 bridgehead atoms. The second kappa shape index (κ2) is 10.4. The molecule has 0 spiro atoms. The van der Waals surface area contributed by atoms with Gasteiger partial charge in [0.15, 0.2) is 0 Å². The summed E-state index contributed by atoms with van der Waals surface area (Å²) in [6.45, 7) is 6.19. The standard InChI is InChI=1S/C26H31NO5/c1-26(2,3)32-24(28)16-21-12-15-23(27(21)17-19-8-6-5-7-9-19)25(29)31-18-20-10-13-22(30-4)14-11-20/h5-11,13-14,16,23H,12,15,17-18H2,1-4H3/b21-16+/t23-/m0/s1. The molecule has 6 heteroatoms. The van der Waals surface area contributed by atoms with Gasteiger partial charge in [-0.3, -0.25) is 0 Å². The van der Waals surface area contributed by atoms with Crippen molar-refractivity contribution in [2.24, 2.45) is 0 Å². The number of carbonyl (C=O) groups is 2. The van der Waals surface area contributed by atoms with Crippen molar-refractivity contribution in [1.82, 2.24) is 4.90 Å². The van der Waals surface area contributed by atoms with E-state index < -0.39 is 17.6 Å². The van der Waals surface area contributed by atoms with E-state index in [0.717, 1.165) is 22.6 Å². The van der Waals surface area contributed by atoms with Crippen LogP contribution in [-0.4, -0.2) is 35.6 Å². The predicted octanol–water partition coefficient (Wildman–Crippen LogP) is 4.63. The molecule has 0 radical (unpaired) electrons. The van der Waals surface area contributed by atoms with E-state index >= 15 is 0 Å². The number of benzene rings is 2. The van der Waals surface area contributed by atoms with Crippen LogP contribution in [0.4, 0.5) is 0 Å². The van der Waals surface area contributed by atoms with Crippen molar-refractivity contribution in [3.8, 4) is 5.75 Å². The van der Waals surface area contributed by atoms with Gasteiger partial charge >= 0.3 is 11.9 Å². The highest BCUT2D eigenvalue weighted by Crippen LogP contribution is 2.31. The summed E-state index contributed by atoms with van der Waals surface area (Å²) < 4.78 is 16.2. The molecule has 1 aliphatic heterocycles. The minimum absolute atomic E-state index is 0.184. The molecule has 0 unspecified atom stereocenters. The summed E-state index contributed by atoms with van der Waals surface area (Å²) in [7, 11) is 1.61. The van der Waals surface area contributed by atoms with Crippen molar-refractivity contribution in [1.29, 1.82) is 0 Å². The van der Waals surface area contributed by atoms with Crippen LogP contribution in [0.1, 0.15) is 44.7 Å². The SMILES string of the molecule is COc1ccc(COC(=O)[C@@H]2CC/C(=C\C(=O)OC(C)(C)C)N2Cc2ccccc2)cc1. The monoisotopic (exact) mass is 437 g/mol. The van der Waals surface area contributed by atoms with Crippen LogP contribution in [0.5, 0.6) is 5.75 Å². The molecule has 2 aromatic rings. The summed E-state index contributed by atoms with van der Waals surface area (Å²) in [5.74, 6) is 0.0453. The molecule has 1 heterocycles. The smallest absolute Gasteiger partial charge is 0.333 e. The van der Waals surface area contributed by atoms with Gasteiger partial charge in [-0.1, -0.05) is 42.5 Å². The Bertz CT molecular complexity index is 944. The Labute approximate surface area is 189 Å². The first kappa shape index (κ1) is 23.4. The number of hydrogen-bond donors (Lipinski definition) is 0. The van der Waals surface area contributed by atoms with Crippen molar-refractivity contribution >= 4 is 11.9 Å². The molecule has 0 aromatic heterocycles. The van der Waals surface area contributed by atoms with E-state index in [2.05, 4.69) is 0 Å². The number of esters is 2. The summed E-state index contributed by atoms with van der Waals surface area (Å²) >= 11 is 0. The third-order valence-electron chi connectivity index (χ3n) is 5.12. The molecule has 1 saturated heterocycles. The van der Waals surface area contributed by atoms with Crippen LogP contribution in [0.2, 0.25) is 0 Å². The van der Waals surface area contributed by atoms with Gasteiger partial charge in [0.2, 0.25) is 0 Å². The van der Waals surface area contributed by atoms with Crippen molar-refractivity contribution in [3.63, 3.8) is 0 Å². The average molecular weight is 438 g/mol. The number of nitrogens with zero attached hydrogens (tertiary/aromatic N) is 1. The Morgan fingerprint density at radius 1 is 1.03 bits per heavy atom. The maximum atomic E-state index is 13.0. The molecule has 1 fully saturated rings. The summed E-state index contributed by atoms with van der Waals surface area (Å²) in [5.41, 5.74) is 2.15.